The molecule has 1 aliphatic rings. The van der Waals surface area contributed by atoms with Crippen LogP contribution in [0.25, 0.3) is 5.52 Å². The molecule has 120 valence electrons. The van der Waals surface area contributed by atoms with E-state index in [1.165, 1.54) is 5.56 Å². The first-order valence-electron chi connectivity index (χ1n) is 7.92. The number of fused-ring (bicyclic) bond motifs is 2. The van der Waals surface area contributed by atoms with Crippen molar-refractivity contribution < 1.29 is 4.79 Å². The van der Waals surface area contributed by atoms with Gasteiger partial charge in [0.15, 0.2) is 0 Å². The first-order valence-corrected chi connectivity index (χ1v) is 7.92. The second-order valence-corrected chi connectivity index (χ2v) is 6.20. The summed E-state index contributed by atoms with van der Waals surface area (Å²) in [6.45, 7) is 6.62. The van der Waals surface area contributed by atoms with Crippen molar-refractivity contribution in [3.8, 4) is 0 Å². The molecule has 0 unspecified atom stereocenters. The van der Waals surface area contributed by atoms with E-state index in [1.54, 1.807) is 12.5 Å². The van der Waals surface area contributed by atoms with E-state index in [4.69, 9.17) is 0 Å². The predicted molar refractivity (Wildman–Crippen MR) is 95.0 cm³/mol. The van der Waals surface area contributed by atoms with Crippen LogP contribution in [0.5, 0.6) is 0 Å². The molecule has 3 aromatic rings. The van der Waals surface area contributed by atoms with Crippen LogP contribution in [-0.4, -0.2) is 21.0 Å². The van der Waals surface area contributed by atoms with Crippen molar-refractivity contribution in [1.82, 2.24) is 9.38 Å². The SMILES string of the molecule is CC1=NCc2ccc(NC(=O)c3c(C)cc4cncn4c3C)cc21. The van der Waals surface area contributed by atoms with Gasteiger partial charge in [-0.3, -0.25) is 9.79 Å². The summed E-state index contributed by atoms with van der Waals surface area (Å²) < 4.78 is 1.93. The highest BCUT2D eigenvalue weighted by molar-refractivity contribution is 6.08. The average molecular weight is 318 g/mol. The lowest BCUT2D eigenvalue weighted by molar-refractivity contribution is 0.102. The van der Waals surface area contributed by atoms with Gasteiger partial charge in [-0.05, 0) is 50.1 Å². The van der Waals surface area contributed by atoms with Crippen LogP contribution in [0.2, 0.25) is 0 Å². The van der Waals surface area contributed by atoms with E-state index in [1.807, 2.05) is 49.4 Å². The summed E-state index contributed by atoms with van der Waals surface area (Å²) in [6, 6.07) is 7.95. The summed E-state index contributed by atoms with van der Waals surface area (Å²) in [6.07, 6.45) is 3.53. The van der Waals surface area contributed by atoms with Gasteiger partial charge >= 0.3 is 0 Å². The zero-order chi connectivity index (χ0) is 16.8. The molecule has 5 nitrogen and oxygen atoms in total. The zero-order valence-electron chi connectivity index (χ0n) is 13.9. The average Bonchev–Trinajstić information content (AvgIpc) is 3.15. The van der Waals surface area contributed by atoms with Gasteiger partial charge in [0.25, 0.3) is 5.91 Å². The first-order chi connectivity index (χ1) is 11.5. The highest BCUT2D eigenvalue weighted by Gasteiger charge is 2.17. The molecule has 0 spiro atoms. The molecule has 0 saturated heterocycles. The minimum Gasteiger partial charge on any atom is -0.322 e. The molecule has 0 aliphatic carbocycles. The van der Waals surface area contributed by atoms with Crippen molar-refractivity contribution in [1.29, 1.82) is 0 Å². The fraction of sp³-hybridized carbons (Fsp3) is 0.211. The highest BCUT2D eigenvalue weighted by Crippen LogP contribution is 2.24. The second kappa shape index (κ2) is 5.30. The Morgan fingerprint density at radius 1 is 1.21 bits per heavy atom. The summed E-state index contributed by atoms with van der Waals surface area (Å²) in [5.41, 5.74) is 7.64. The molecule has 0 atom stereocenters. The van der Waals surface area contributed by atoms with E-state index >= 15 is 0 Å². The molecule has 4 rings (SSSR count). The van der Waals surface area contributed by atoms with E-state index in [9.17, 15) is 4.79 Å². The van der Waals surface area contributed by atoms with Gasteiger partial charge in [0, 0.05) is 22.7 Å². The fourth-order valence-electron chi connectivity index (χ4n) is 3.35. The fourth-order valence-corrected chi connectivity index (χ4v) is 3.35. The number of aromatic nitrogens is 2. The van der Waals surface area contributed by atoms with Crippen molar-refractivity contribution >= 4 is 22.8 Å². The van der Waals surface area contributed by atoms with Crippen LogP contribution in [0.3, 0.4) is 0 Å². The van der Waals surface area contributed by atoms with Gasteiger partial charge in [-0.25, -0.2) is 4.98 Å². The van der Waals surface area contributed by atoms with E-state index < -0.39 is 0 Å². The Kier molecular flexibility index (Phi) is 3.23. The monoisotopic (exact) mass is 318 g/mol. The van der Waals surface area contributed by atoms with Gasteiger partial charge in [0.1, 0.15) is 0 Å². The topological polar surface area (TPSA) is 58.8 Å². The zero-order valence-corrected chi connectivity index (χ0v) is 13.9. The second-order valence-electron chi connectivity index (χ2n) is 6.20. The molecule has 24 heavy (non-hydrogen) atoms. The van der Waals surface area contributed by atoms with Crippen LogP contribution in [0, 0.1) is 13.8 Å². The normalized spacial score (nSPS) is 13.0. The lowest BCUT2D eigenvalue weighted by Gasteiger charge is -2.13. The lowest BCUT2D eigenvalue weighted by atomic mass is 10.0. The largest absolute Gasteiger partial charge is 0.322 e. The number of imidazole rings is 1. The third kappa shape index (κ3) is 2.21. The summed E-state index contributed by atoms with van der Waals surface area (Å²) >= 11 is 0. The van der Waals surface area contributed by atoms with E-state index in [-0.39, 0.29) is 5.91 Å². The van der Waals surface area contributed by atoms with E-state index in [0.29, 0.717) is 5.56 Å². The van der Waals surface area contributed by atoms with Gasteiger partial charge in [-0.1, -0.05) is 6.07 Å². The Morgan fingerprint density at radius 3 is 2.88 bits per heavy atom. The number of amides is 1. The van der Waals surface area contributed by atoms with Gasteiger partial charge in [0.2, 0.25) is 0 Å². The minimum absolute atomic E-state index is 0.104. The van der Waals surface area contributed by atoms with Crippen LogP contribution in [0.1, 0.15) is 39.7 Å². The van der Waals surface area contributed by atoms with Crippen molar-refractivity contribution in [2.24, 2.45) is 4.99 Å². The number of carbonyl (C=O) groups is 1. The smallest absolute Gasteiger partial charge is 0.257 e. The number of rotatable bonds is 2. The molecular weight excluding hydrogens is 300 g/mol. The molecule has 0 bridgehead atoms. The lowest BCUT2D eigenvalue weighted by Crippen LogP contribution is -2.17. The Morgan fingerprint density at radius 2 is 2.04 bits per heavy atom. The number of aliphatic imine (C=N–C) groups is 1. The molecule has 1 aliphatic heterocycles. The standard InChI is InChI=1S/C19H18N4O/c1-11-6-16-9-20-10-23(16)13(3)18(11)19(24)22-15-5-4-14-8-21-12(2)17(14)7-15/h4-7,9-10H,8H2,1-3H3,(H,22,24). The molecule has 5 heteroatoms. The first kappa shape index (κ1) is 14.6. The summed E-state index contributed by atoms with van der Waals surface area (Å²) in [5.74, 6) is -0.104. The third-order valence-electron chi connectivity index (χ3n) is 4.62. The summed E-state index contributed by atoms with van der Waals surface area (Å²) in [4.78, 5) is 21.4. The minimum atomic E-state index is -0.104. The highest BCUT2D eigenvalue weighted by atomic mass is 16.1. The summed E-state index contributed by atoms with van der Waals surface area (Å²) in [7, 11) is 0. The maximum atomic E-state index is 12.8. The Bertz CT molecular complexity index is 1010. The number of nitrogens with one attached hydrogen (secondary N) is 1. The maximum Gasteiger partial charge on any atom is 0.257 e. The van der Waals surface area contributed by atoms with Crippen molar-refractivity contribution in [3.63, 3.8) is 0 Å². The van der Waals surface area contributed by atoms with Gasteiger partial charge in [-0.2, -0.15) is 0 Å². The maximum absolute atomic E-state index is 12.8. The number of hydrogen-bond donors (Lipinski definition) is 1. The van der Waals surface area contributed by atoms with Crippen LogP contribution in [0.15, 0.2) is 41.8 Å². The quantitative estimate of drug-likeness (QED) is 0.786. The van der Waals surface area contributed by atoms with E-state index in [0.717, 1.165) is 40.3 Å². The Hall–Kier alpha value is -2.95. The van der Waals surface area contributed by atoms with Crippen LogP contribution < -0.4 is 5.32 Å². The van der Waals surface area contributed by atoms with Gasteiger partial charge in [0.05, 0.1) is 30.1 Å². The number of pyridine rings is 1. The number of hydrogen-bond acceptors (Lipinski definition) is 3. The molecule has 0 fully saturated rings. The molecule has 3 heterocycles. The molecule has 2 aromatic heterocycles. The van der Waals surface area contributed by atoms with Crippen molar-refractivity contribution in [2.45, 2.75) is 27.3 Å². The van der Waals surface area contributed by atoms with Crippen molar-refractivity contribution in [3.05, 3.63) is 64.7 Å². The molecule has 1 amide bonds. The number of carbonyl (C=O) groups excluding carboxylic acids is 1. The molecular formula is C19H18N4O. The molecule has 0 saturated carbocycles. The number of anilines is 1. The Labute approximate surface area is 140 Å². The van der Waals surface area contributed by atoms with Crippen LogP contribution in [-0.2, 0) is 6.54 Å². The predicted octanol–water partition coefficient (Wildman–Crippen LogP) is 3.53. The third-order valence-corrected chi connectivity index (χ3v) is 4.62. The van der Waals surface area contributed by atoms with Gasteiger partial charge < -0.3 is 9.72 Å². The number of benzene rings is 1. The molecule has 0 radical (unpaired) electrons. The van der Waals surface area contributed by atoms with E-state index in [2.05, 4.69) is 15.3 Å². The molecule has 1 aromatic carbocycles. The Balaban J connectivity index is 1.70. The van der Waals surface area contributed by atoms with Crippen LogP contribution in [0.4, 0.5) is 5.69 Å². The summed E-state index contributed by atoms with van der Waals surface area (Å²) in [5, 5.41) is 3.02. The van der Waals surface area contributed by atoms with Gasteiger partial charge in [-0.15, -0.1) is 0 Å². The molecule has 1 N–H and O–H groups in total. The number of aryl methyl sites for hydroxylation is 2. The van der Waals surface area contributed by atoms with Crippen molar-refractivity contribution in [2.75, 3.05) is 5.32 Å². The number of nitrogens with zero attached hydrogens (tertiary/aromatic N) is 3. The van der Waals surface area contributed by atoms with Crippen LogP contribution >= 0.6 is 0 Å².